The Morgan fingerprint density at radius 3 is 1.86 bits per heavy atom. The first-order chi connectivity index (χ1) is 17.8. The van der Waals surface area contributed by atoms with Crippen LogP contribution in [0.15, 0.2) is 24.3 Å². The molecule has 2 N–H and O–H groups in total. The van der Waals surface area contributed by atoms with Crippen LogP contribution in [0.1, 0.15) is 108 Å². The third-order valence-corrected chi connectivity index (χ3v) is 6.66. The molecule has 0 saturated heterocycles. The number of alkyl halides is 2. The molecule has 1 rings (SSSR count). The zero-order chi connectivity index (χ0) is 27.5. The van der Waals surface area contributed by atoms with Crippen LogP contribution in [0.4, 0.5) is 5.69 Å². The molecule has 0 saturated carbocycles. The van der Waals surface area contributed by atoms with Gasteiger partial charge in [-0.05, 0) is 24.1 Å². The minimum absolute atomic E-state index is 0.137. The number of unbranched alkanes of at least 4 members (excludes halogenated alkanes) is 12. The first-order valence-electron chi connectivity index (χ1n) is 13.4. The monoisotopic (exact) mass is 560 g/mol. The van der Waals surface area contributed by atoms with Gasteiger partial charge in [0.2, 0.25) is 0 Å². The summed E-state index contributed by atoms with van der Waals surface area (Å²) in [6.45, 7) is 1.94. The van der Waals surface area contributed by atoms with E-state index < -0.39 is 33.8 Å². The molecule has 10 heteroatoms. The lowest BCUT2D eigenvalue weighted by atomic mass is 10.0. The van der Waals surface area contributed by atoms with Gasteiger partial charge in [-0.25, -0.2) is 0 Å². The van der Waals surface area contributed by atoms with Crippen molar-refractivity contribution >= 4 is 40.8 Å². The average molecular weight is 562 g/mol. The summed E-state index contributed by atoms with van der Waals surface area (Å²) in [7, 11) is 0. The van der Waals surface area contributed by atoms with Gasteiger partial charge in [0.15, 0.2) is 4.84 Å². The van der Waals surface area contributed by atoms with Crippen LogP contribution in [0.2, 0.25) is 0 Å². The van der Waals surface area contributed by atoms with Gasteiger partial charge in [-0.1, -0.05) is 107 Å². The largest absolute Gasteiger partial charge is 0.463 e. The van der Waals surface area contributed by atoms with E-state index in [1.54, 1.807) is 0 Å². The van der Waals surface area contributed by atoms with Gasteiger partial charge >= 0.3 is 5.97 Å². The average Bonchev–Trinajstić information content (AvgIpc) is 2.88. The number of hydrogen-bond donors (Lipinski definition) is 2. The van der Waals surface area contributed by atoms with Gasteiger partial charge in [-0.3, -0.25) is 19.7 Å². The third-order valence-electron chi connectivity index (χ3n) is 6.26. The van der Waals surface area contributed by atoms with E-state index in [2.05, 4.69) is 12.2 Å². The molecule has 0 spiro atoms. The minimum Gasteiger partial charge on any atom is -0.463 e. The molecule has 0 aliphatic heterocycles. The van der Waals surface area contributed by atoms with Gasteiger partial charge in [0.05, 0.1) is 11.0 Å². The van der Waals surface area contributed by atoms with E-state index in [0.29, 0.717) is 12.0 Å². The number of amides is 1. The van der Waals surface area contributed by atoms with Crippen molar-refractivity contribution in [3.05, 3.63) is 39.9 Å². The summed E-state index contributed by atoms with van der Waals surface area (Å²) >= 11 is 11.2. The third kappa shape index (κ3) is 15.2. The number of non-ortho nitro benzene ring substituents is 1. The van der Waals surface area contributed by atoms with Crippen LogP contribution in [0.25, 0.3) is 0 Å². The topological polar surface area (TPSA) is 119 Å². The Morgan fingerprint density at radius 2 is 1.41 bits per heavy atom. The number of aliphatic hydroxyl groups excluding tert-OH is 1. The second kappa shape index (κ2) is 20.1. The molecule has 0 unspecified atom stereocenters. The van der Waals surface area contributed by atoms with Crippen LogP contribution in [0.5, 0.6) is 0 Å². The van der Waals surface area contributed by atoms with Crippen molar-refractivity contribution in [3.63, 3.8) is 0 Å². The molecule has 1 amide bonds. The van der Waals surface area contributed by atoms with Gasteiger partial charge in [-0.15, -0.1) is 0 Å². The molecule has 0 heterocycles. The Morgan fingerprint density at radius 1 is 0.919 bits per heavy atom. The highest BCUT2D eigenvalue weighted by atomic mass is 35.5. The minimum atomic E-state index is -1.37. The van der Waals surface area contributed by atoms with Crippen LogP contribution < -0.4 is 5.32 Å². The fourth-order valence-electron chi connectivity index (χ4n) is 4.02. The molecule has 8 nitrogen and oxygen atoms in total. The van der Waals surface area contributed by atoms with Crippen LogP contribution in [-0.4, -0.2) is 39.4 Å². The second-order valence-corrected chi connectivity index (χ2v) is 10.5. The number of nitro groups is 1. The van der Waals surface area contributed by atoms with E-state index in [4.69, 9.17) is 27.9 Å². The summed E-state index contributed by atoms with van der Waals surface area (Å²) in [6.07, 6.45) is 14.7. The number of rotatable bonds is 21. The lowest BCUT2D eigenvalue weighted by molar-refractivity contribution is -0.384. The molecule has 2 atom stereocenters. The van der Waals surface area contributed by atoms with Crippen molar-refractivity contribution < 1.29 is 24.4 Å². The molecular formula is C27H42Cl2N2O6. The molecule has 1 aromatic carbocycles. The maximum absolute atomic E-state index is 12.2. The molecule has 0 bridgehead atoms. The number of hydrogen-bond acceptors (Lipinski definition) is 6. The maximum atomic E-state index is 12.2. The Labute approximate surface area is 230 Å². The Hall–Kier alpha value is -1.90. The number of esters is 1. The lowest BCUT2D eigenvalue weighted by Gasteiger charge is -2.24. The first-order valence-corrected chi connectivity index (χ1v) is 14.3. The Balaban J connectivity index is 2.32. The van der Waals surface area contributed by atoms with Crippen LogP contribution in [0, 0.1) is 10.1 Å². The first kappa shape index (κ1) is 33.1. The Bertz CT molecular complexity index is 792. The summed E-state index contributed by atoms with van der Waals surface area (Å²) in [5, 5.41) is 24.0. The number of carbonyl (C=O) groups is 2. The van der Waals surface area contributed by atoms with Crippen LogP contribution in [0.3, 0.4) is 0 Å². The number of ether oxygens (including phenoxy) is 1. The van der Waals surface area contributed by atoms with Gasteiger partial charge in [-0.2, -0.15) is 0 Å². The molecule has 210 valence electrons. The normalized spacial score (nSPS) is 12.8. The summed E-state index contributed by atoms with van der Waals surface area (Å²) in [6, 6.07) is 4.20. The molecule has 0 aliphatic carbocycles. The SMILES string of the molecule is CCCCCCCCCCCCCCCC(=O)OC[C@H](NC(=O)C(Cl)Cl)[C@H](O)c1ccc([N+](=O)[O-])cc1. The Kier molecular flexibility index (Phi) is 18.0. The summed E-state index contributed by atoms with van der Waals surface area (Å²) in [5.74, 6) is -1.17. The summed E-state index contributed by atoms with van der Waals surface area (Å²) < 4.78 is 5.29. The maximum Gasteiger partial charge on any atom is 0.305 e. The van der Waals surface area contributed by atoms with Crippen molar-refractivity contribution in [3.8, 4) is 0 Å². The molecular weight excluding hydrogens is 519 g/mol. The molecule has 0 fully saturated rings. The van der Waals surface area contributed by atoms with Crippen LogP contribution in [-0.2, 0) is 14.3 Å². The van der Waals surface area contributed by atoms with Gasteiger partial charge in [0, 0.05) is 18.6 Å². The number of aliphatic hydroxyl groups is 1. The second-order valence-electron chi connectivity index (χ2n) is 9.38. The molecule has 0 radical (unpaired) electrons. The van der Waals surface area contributed by atoms with Crippen LogP contribution >= 0.6 is 23.2 Å². The quantitative estimate of drug-likeness (QED) is 0.0552. The van der Waals surface area contributed by atoms with Crippen molar-refractivity contribution in [2.45, 2.75) is 114 Å². The van der Waals surface area contributed by atoms with Crippen molar-refractivity contribution in [2.24, 2.45) is 0 Å². The van der Waals surface area contributed by atoms with E-state index in [1.165, 1.54) is 88.5 Å². The number of halogens is 2. The van der Waals surface area contributed by atoms with Gasteiger partial charge in [0.1, 0.15) is 12.7 Å². The predicted octanol–water partition coefficient (Wildman–Crippen LogP) is 6.94. The molecule has 0 aliphatic rings. The van der Waals surface area contributed by atoms with Gasteiger partial charge in [0.25, 0.3) is 11.6 Å². The zero-order valence-corrected chi connectivity index (χ0v) is 23.4. The fourth-order valence-corrected chi connectivity index (χ4v) is 4.15. The molecule has 0 aromatic heterocycles. The lowest BCUT2D eigenvalue weighted by Crippen LogP contribution is -2.45. The van der Waals surface area contributed by atoms with E-state index in [1.807, 2.05) is 0 Å². The zero-order valence-electron chi connectivity index (χ0n) is 21.8. The van der Waals surface area contributed by atoms with Crippen molar-refractivity contribution in [2.75, 3.05) is 6.61 Å². The fraction of sp³-hybridized carbons (Fsp3) is 0.704. The standard InChI is InChI=1S/C27H42Cl2N2O6/c1-2-3-4-5-6-7-8-9-10-11-12-13-14-15-24(32)37-20-23(30-27(34)26(28)29)25(33)21-16-18-22(19-17-21)31(35)36/h16-19,23,25-26,33H,2-15,20H2,1H3,(H,30,34)/t23-,25+/m0/s1. The highest BCUT2D eigenvalue weighted by Gasteiger charge is 2.27. The number of carbonyl (C=O) groups excluding carboxylic acids is 2. The highest BCUT2D eigenvalue weighted by molar-refractivity contribution is 6.53. The van der Waals surface area contributed by atoms with E-state index in [9.17, 15) is 24.8 Å². The van der Waals surface area contributed by atoms with Gasteiger partial charge < -0.3 is 15.2 Å². The summed E-state index contributed by atoms with van der Waals surface area (Å²) in [5.41, 5.74) is 0.173. The summed E-state index contributed by atoms with van der Waals surface area (Å²) in [4.78, 5) is 33.1. The predicted molar refractivity (Wildman–Crippen MR) is 147 cm³/mol. The molecule has 37 heavy (non-hydrogen) atoms. The van der Waals surface area contributed by atoms with Crippen molar-refractivity contribution in [1.82, 2.24) is 5.32 Å². The number of nitrogens with one attached hydrogen (secondary N) is 1. The van der Waals surface area contributed by atoms with Crippen molar-refractivity contribution in [1.29, 1.82) is 0 Å². The molecule has 1 aromatic rings. The number of benzene rings is 1. The number of nitrogens with zero attached hydrogens (tertiary/aromatic N) is 1. The number of nitro benzene ring substituents is 1. The van der Waals surface area contributed by atoms with E-state index in [0.717, 1.165) is 12.8 Å². The van der Waals surface area contributed by atoms with E-state index in [-0.39, 0.29) is 18.7 Å². The van der Waals surface area contributed by atoms with E-state index >= 15 is 0 Å². The smallest absolute Gasteiger partial charge is 0.305 e. The highest BCUT2D eigenvalue weighted by Crippen LogP contribution is 2.22.